The van der Waals surface area contributed by atoms with Crippen LogP contribution < -0.4 is 10.6 Å². The lowest BCUT2D eigenvalue weighted by Gasteiger charge is -2.09. The number of amides is 1. The zero-order chi connectivity index (χ0) is 13.7. The summed E-state index contributed by atoms with van der Waals surface area (Å²) in [6.45, 7) is 0.480. The summed E-state index contributed by atoms with van der Waals surface area (Å²) in [5.41, 5.74) is 2.47. The molecule has 2 aromatic carbocycles. The number of halogens is 1. The van der Waals surface area contributed by atoms with E-state index in [1.165, 1.54) is 0 Å². The van der Waals surface area contributed by atoms with Gasteiger partial charge in [0.25, 0.3) is 5.91 Å². The molecule has 0 heterocycles. The molecule has 0 fully saturated rings. The molecular weight excluding hydrogens is 260 g/mol. The van der Waals surface area contributed by atoms with E-state index in [2.05, 4.69) is 10.6 Å². The zero-order valence-electron chi connectivity index (χ0n) is 10.6. The van der Waals surface area contributed by atoms with Crippen LogP contribution in [0.15, 0.2) is 48.5 Å². The summed E-state index contributed by atoms with van der Waals surface area (Å²) < 4.78 is 0. The second-order valence-electron chi connectivity index (χ2n) is 4.10. The Morgan fingerprint density at radius 1 is 1.11 bits per heavy atom. The summed E-state index contributed by atoms with van der Waals surface area (Å²) in [4.78, 5) is 12.1. The van der Waals surface area contributed by atoms with Crippen molar-refractivity contribution in [3.8, 4) is 0 Å². The molecule has 0 aromatic heterocycles. The molecular formula is C15H15ClN2O. The zero-order valence-corrected chi connectivity index (χ0v) is 11.4. The minimum absolute atomic E-state index is 0.0973. The normalized spacial score (nSPS) is 10.0. The number of anilines is 1. The van der Waals surface area contributed by atoms with Crippen LogP contribution in [0.2, 0.25) is 5.02 Å². The van der Waals surface area contributed by atoms with Crippen molar-refractivity contribution in [2.24, 2.45) is 0 Å². The number of hydrogen-bond acceptors (Lipinski definition) is 2. The molecule has 0 aliphatic heterocycles. The van der Waals surface area contributed by atoms with Gasteiger partial charge in [0.2, 0.25) is 0 Å². The first kappa shape index (κ1) is 13.4. The Kier molecular flexibility index (Phi) is 4.42. The van der Waals surface area contributed by atoms with Gasteiger partial charge in [0.05, 0.1) is 5.56 Å². The van der Waals surface area contributed by atoms with Crippen LogP contribution in [0, 0.1) is 0 Å². The predicted octanol–water partition coefficient (Wildman–Crippen LogP) is 3.31. The Morgan fingerprint density at radius 3 is 2.47 bits per heavy atom. The van der Waals surface area contributed by atoms with Crippen LogP contribution in [0.3, 0.4) is 0 Å². The third kappa shape index (κ3) is 3.48. The molecule has 2 aromatic rings. The van der Waals surface area contributed by atoms with Crippen molar-refractivity contribution in [3.05, 3.63) is 64.7 Å². The molecule has 19 heavy (non-hydrogen) atoms. The highest BCUT2D eigenvalue weighted by Gasteiger charge is 2.09. The molecule has 0 spiro atoms. The van der Waals surface area contributed by atoms with Gasteiger partial charge in [-0.1, -0.05) is 35.9 Å². The van der Waals surface area contributed by atoms with Crippen LogP contribution in [0.5, 0.6) is 0 Å². The number of para-hydroxylation sites is 1. The predicted molar refractivity (Wildman–Crippen MR) is 78.6 cm³/mol. The Balaban J connectivity index is 2.03. The number of carbonyl (C=O) groups excluding carboxylic acids is 1. The average molecular weight is 275 g/mol. The summed E-state index contributed by atoms with van der Waals surface area (Å²) in [6.07, 6.45) is 0. The van der Waals surface area contributed by atoms with Gasteiger partial charge < -0.3 is 10.6 Å². The van der Waals surface area contributed by atoms with Crippen molar-refractivity contribution < 1.29 is 4.79 Å². The van der Waals surface area contributed by atoms with Crippen LogP contribution in [-0.2, 0) is 6.54 Å². The van der Waals surface area contributed by atoms with Crippen LogP contribution >= 0.6 is 11.6 Å². The van der Waals surface area contributed by atoms with Gasteiger partial charge in [-0.15, -0.1) is 0 Å². The minimum atomic E-state index is -0.0973. The number of hydrogen-bond donors (Lipinski definition) is 2. The van der Waals surface area contributed by atoms with Crippen LogP contribution in [0.1, 0.15) is 15.9 Å². The van der Waals surface area contributed by atoms with Gasteiger partial charge in [0, 0.05) is 24.3 Å². The molecule has 98 valence electrons. The largest absolute Gasteiger partial charge is 0.387 e. The third-order valence-electron chi connectivity index (χ3n) is 2.81. The molecule has 2 N–H and O–H groups in total. The summed E-state index contributed by atoms with van der Waals surface area (Å²) in [7, 11) is 1.80. The van der Waals surface area contributed by atoms with Crippen LogP contribution in [-0.4, -0.2) is 13.0 Å². The van der Waals surface area contributed by atoms with Gasteiger partial charge in [-0.3, -0.25) is 4.79 Å². The lowest BCUT2D eigenvalue weighted by atomic mass is 10.1. The quantitative estimate of drug-likeness (QED) is 0.898. The van der Waals surface area contributed by atoms with Crippen LogP contribution in [0.4, 0.5) is 5.69 Å². The fourth-order valence-electron chi connectivity index (χ4n) is 1.78. The highest BCUT2D eigenvalue weighted by atomic mass is 35.5. The highest BCUT2D eigenvalue weighted by Crippen LogP contribution is 2.14. The number of nitrogens with one attached hydrogen (secondary N) is 2. The minimum Gasteiger partial charge on any atom is -0.387 e. The fourth-order valence-corrected chi connectivity index (χ4v) is 1.90. The molecule has 1 amide bonds. The molecule has 0 aliphatic carbocycles. The number of rotatable bonds is 4. The smallest absolute Gasteiger partial charge is 0.253 e. The van der Waals surface area contributed by atoms with E-state index in [1.807, 2.05) is 42.5 Å². The van der Waals surface area contributed by atoms with Gasteiger partial charge in [-0.05, 0) is 29.8 Å². The average Bonchev–Trinajstić information content (AvgIpc) is 2.46. The maximum atomic E-state index is 12.1. The van der Waals surface area contributed by atoms with E-state index >= 15 is 0 Å². The second kappa shape index (κ2) is 6.25. The topological polar surface area (TPSA) is 41.1 Å². The fraction of sp³-hybridized carbons (Fsp3) is 0.133. The Labute approximate surface area is 117 Å². The lowest BCUT2D eigenvalue weighted by Crippen LogP contribution is -2.23. The SMILES string of the molecule is CNc1ccccc1C(=O)NCc1ccc(Cl)cc1. The van der Waals surface area contributed by atoms with Crippen LogP contribution in [0.25, 0.3) is 0 Å². The van der Waals surface area contributed by atoms with Crippen molar-refractivity contribution in [2.45, 2.75) is 6.54 Å². The van der Waals surface area contributed by atoms with E-state index in [0.717, 1.165) is 11.3 Å². The summed E-state index contributed by atoms with van der Waals surface area (Å²) >= 11 is 5.81. The maximum Gasteiger partial charge on any atom is 0.253 e. The van der Waals surface area contributed by atoms with Crippen molar-refractivity contribution in [2.75, 3.05) is 12.4 Å². The summed E-state index contributed by atoms with van der Waals surface area (Å²) in [5, 5.41) is 6.58. The number of benzene rings is 2. The van der Waals surface area contributed by atoms with Gasteiger partial charge in [0.15, 0.2) is 0 Å². The molecule has 4 heteroatoms. The second-order valence-corrected chi connectivity index (χ2v) is 4.54. The molecule has 3 nitrogen and oxygen atoms in total. The summed E-state index contributed by atoms with van der Waals surface area (Å²) in [6, 6.07) is 14.8. The summed E-state index contributed by atoms with van der Waals surface area (Å²) in [5.74, 6) is -0.0973. The molecule has 0 saturated heterocycles. The van der Waals surface area contributed by atoms with E-state index in [1.54, 1.807) is 13.1 Å². The molecule has 0 saturated carbocycles. The Morgan fingerprint density at radius 2 is 1.79 bits per heavy atom. The van der Waals surface area contributed by atoms with Gasteiger partial charge in [0.1, 0.15) is 0 Å². The first-order valence-corrected chi connectivity index (χ1v) is 6.38. The molecule has 0 unspecified atom stereocenters. The van der Waals surface area contributed by atoms with E-state index in [0.29, 0.717) is 17.1 Å². The first-order valence-electron chi connectivity index (χ1n) is 6.00. The highest BCUT2D eigenvalue weighted by molar-refractivity contribution is 6.30. The Bertz CT molecular complexity index is 567. The Hall–Kier alpha value is -2.00. The maximum absolute atomic E-state index is 12.1. The van der Waals surface area contributed by atoms with Gasteiger partial charge in [-0.2, -0.15) is 0 Å². The van der Waals surface area contributed by atoms with Crippen molar-refractivity contribution >= 4 is 23.2 Å². The standard InChI is InChI=1S/C15H15ClN2O/c1-17-14-5-3-2-4-13(14)15(19)18-10-11-6-8-12(16)9-7-11/h2-9,17H,10H2,1H3,(H,18,19). The first-order chi connectivity index (χ1) is 9.20. The molecule has 0 bridgehead atoms. The molecule has 0 radical (unpaired) electrons. The molecule has 2 rings (SSSR count). The number of carbonyl (C=O) groups is 1. The van der Waals surface area contributed by atoms with E-state index in [-0.39, 0.29) is 5.91 Å². The van der Waals surface area contributed by atoms with E-state index < -0.39 is 0 Å². The van der Waals surface area contributed by atoms with Gasteiger partial charge in [-0.25, -0.2) is 0 Å². The monoisotopic (exact) mass is 274 g/mol. The van der Waals surface area contributed by atoms with Gasteiger partial charge >= 0.3 is 0 Å². The molecule has 0 atom stereocenters. The third-order valence-corrected chi connectivity index (χ3v) is 3.06. The van der Waals surface area contributed by atoms with Crippen molar-refractivity contribution in [1.82, 2.24) is 5.32 Å². The van der Waals surface area contributed by atoms with E-state index in [9.17, 15) is 4.79 Å². The van der Waals surface area contributed by atoms with Crippen molar-refractivity contribution in [1.29, 1.82) is 0 Å². The lowest BCUT2D eigenvalue weighted by molar-refractivity contribution is 0.0951. The van der Waals surface area contributed by atoms with E-state index in [4.69, 9.17) is 11.6 Å². The molecule has 0 aliphatic rings. The van der Waals surface area contributed by atoms with Crippen molar-refractivity contribution in [3.63, 3.8) is 0 Å².